The van der Waals surface area contributed by atoms with Crippen molar-refractivity contribution < 1.29 is 8.42 Å². The fourth-order valence-electron chi connectivity index (χ4n) is 2.90. The molecular formula is C21H21Cl2N3O3S. The van der Waals surface area contributed by atoms with E-state index in [4.69, 9.17) is 23.2 Å². The largest absolute Gasteiger partial charge is 0.291 e. The van der Waals surface area contributed by atoms with E-state index >= 15 is 0 Å². The molecule has 1 atom stereocenters. The van der Waals surface area contributed by atoms with Gasteiger partial charge < -0.3 is 0 Å². The summed E-state index contributed by atoms with van der Waals surface area (Å²) >= 11 is 11.7. The maximum Gasteiger partial charge on any atom is 0.291 e. The van der Waals surface area contributed by atoms with Crippen LogP contribution in [0.25, 0.3) is 5.69 Å². The molecule has 0 aliphatic carbocycles. The Kier molecular flexibility index (Phi) is 6.67. The van der Waals surface area contributed by atoms with Gasteiger partial charge in [-0.1, -0.05) is 61.3 Å². The van der Waals surface area contributed by atoms with Crippen LogP contribution in [0.5, 0.6) is 0 Å². The van der Waals surface area contributed by atoms with Crippen molar-refractivity contribution in [3.05, 3.63) is 86.3 Å². The number of hydrogen-bond donors (Lipinski definition) is 1. The van der Waals surface area contributed by atoms with Gasteiger partial charge in [-0.3, -0.25) is 4.79 Å². The molecule has 158 valence electrons. The van der Waals surface area contributed by atoms with E-state index in [1.165, 1.54) is 36.0 Å². The Bertz CT molecular complexity index is 1210. The molecule has 2 aromatic carbocycles. The molecule has 1 heterocycles. The molecule has 0 aliphatic rings. The number of halogens is 2. The van der Waals surface area contributed by atoms with Crippen molar-refractivity contribution in [2.75, 3.05) is 0 Å². The van der Waals surface area contributed by atoms with Crippen LogP contribution in [0.15, 0.2) is 64.4 Å². The number of hydrogen-bond acceptors (Lipinski definition) is 4. The fourth-order valence-corrected chi connectivity index (χ4v) is 4.39. The summed E-state index contributed by atoms with van der Waals surface area (Å²) in [6.45, 7) is 5.99. The molecule has 0 spiro atoms. The van der Waals surface area contributed by atoms with Crippen molar-refractivity contribution in [2.45, 2.75) is 37.6 Å². The number of benzene rings is 2. The Morgan fingerprint density at radius 3 is 2.07 bits per heavy atom. The second-order valence-corrected chi connectivity index (χ2v) is 9.68. The number of nitrogens with zero attached hydrogens (tertiary/aromatic N) is 2. The molecule has 1 N–H and O–H groups in total. The number of sulfonamides is 1. The van der Waals surface area contributed by atoms with Crippen LogP contribution >= 0.6 is 23.2 Å². The fraction of sp³-hybridized carbons (Fsp3) is 0.238. The predicted molar refractivity (Wildman–Crippen MR) is 119 cm³/mol. The zero-order chi connectivity index (χ0) is 22.1. The quantitative estimate of drug-likeness (QED) is 0.571. The summed E-state index contributed by atoms with van der Waals surface area (Å²) in [6.07, 6.45) is 1.25. The van der Waals surface area contributed by atoms with E-state index in [1.54, 1.807) is 6.92 Å². The minimum absolute atomic E-state index is 0.0525. The Balaban J connectivity index is 1.81. The van der Waals surface area contributed by atoms with E-state index < -0.39 is 21.6 Å². The van der Waals surface area contributed by atoms with Crippen molar-refractivity contribution in [3.8, 4) is 5.69 Å². The highest BCUT2D eigenvalue weighted by Gasteiger charge is 2.19. The molecule has 6 nitrogen and oxygen atoms in total. The zero-order valence-electron chi connectivity index (χ0n) is 16.6. The third-order valence-corrected chi connectivity index (χ3v) is 7.01. The van der Waals surface area contributed by atoms with Gasteiger partial charge in [-0.2, -0.15) is 9.78 Å². The lowest BCUT2D eigenvalue weighted by Crippen LogP contribution is -2.27. The summed E-state index contributed by atoms with van der Waals surface area (Å²) in [4.78, 5) is 12.3. The van der Waals surface area contributed by atoms with Crippen molar-refractivity contribution >= 4 is 33.2 Å². The summed E-state index contributed by atoms with van der Waals surface area (Å²) in [5.41, 5.74) is 1.84. The highest BCUT2D eigenvalue weighted by molar-refractivity contribution is 7.89. The first-order valence-corrected chi connectivity index (χ1v) is 11.5. The van der Waals surface area contributed by atoms with E-state index in [-0.39, 0.29) is 14.9 Å². The van der Waals surface area contributed by atoms with E-state index in [0.717, 1.165) is 10.2 Å². The lowest BCUT2D eigenvalue weighted by Gasteiger charge is -2.16. The van der Waals surface area contributed by atoms with Gasteiger partial charge in [-0.25, -0.2) is 13.1 Å². The molecule has 3 rings (SSSR count). The van der Waals surface area contributed by atoms with E-state index in [0.29, 0.717) is 11.6 Å². The van der Waals surface area contributed by atoms with E-state index in [9.17, 15) is 13.2 Å². The minimum Gasteiger partial charge on any atom is -0.266 e. The van der Waals surface area contributed by atoms with Crippen LogP contribution < -0.4 is 10.3 Å². The average Bonchev–Trinajstić information content (AvgIpc) is 2.72. The van der Waals surface area contributed by atoms with Gasteiger partial charge in [-0.15, -0.1) is 0 Å². The summed E-state index contributed by atoms with van der Waals surface area (Å²) in [6, 6.07) is 13.2. The lowest BCUT2D eigenvalue weighted by molar-refractivity contribution is 0.567. The summed E-state index contributed by atoms with van der Waals surface area (Å²) in [7, 11) is -3.76. The highest BCUT2D eigenvalue weighted by Crippen LogP contribution is 2.21. The summed E-state index contributed by atoms with van der Waals surface area (Å²) < 4.78 is 29.3. The third-order valence-electron chi connectivity index (χ3n) is 4.70. The van der Waals surface area contributed by atoms with Gasteiger partial charge >= 0.3 is 0 Å². The Hall–Kier alpha value is -2.19. The Labute approximate surface area is 185 Å². The SMILES string of the molecule is CC(C)c1ccc(C(C)NS(=O)(=O)c2ccc(-n3ncc(Cl)c(Cl)c3=O)cc2)cc1. The molecule has 0 amide bonds. The van der Waals surface area contributed by atoms with Crippen LogP contribution in [0, 0.1) is 0 Å². The maximum absolute atomic E-state index is 12.8. The molecule has 1 unspecified atom stereocenters. The highest BCUT2D eigenvalue weighted by atomic mass is 35.5. The molecule has 0 saturated carbocycles. The zero-order valence-corrected chi connectivity index (χ0v) is 19.0. The number of rotatable bonds is 6. The van der Waals surface area contributed by atoms with Gasteiger partial charge in [0, 0.05) is 6.04 Å². The van der Waals surface area contributed by atoms with Crippen molar-refractivity contribution in [3.63, 3.8) is 0 Å². The molecule has 9 heteroatoms. The van der Waals surface area contributed by atoms with Crippen molar-refractivity contribution in [2.24, 2.45) is 0 Å². The first kappa shape index (κ1) is 22.5. The van der Waals surface area contributed by atoms with E-state index in [1.807, 2.05) is 24.3 Å². The van der Waals surface area contributed by atoms with Crippen LogP contribution in [0.2, 0.25) is 10.0 Å². The molecule has 30 heavy (non-hydrogen) atoms. The monoisotopic (exact) mass is 465 g/mol. The molecule has 0 saturated heterocycles. The second-order valence-electron chi connectivity index (χ2n) is 7.18. The summed E-state index contributed by atoms with van der Waals surface area (Å²) in [5.74, 6) is 0.405. The Morgan fingerprint density at radius 2 is 1.50 bits per heavy atom. The molecule has 0 fully saturated rings. The maximum atomic E-state index is 12.8. The normalized spacial score (nSPS) is 12.9. The van der Waals surface area contributed by atoms with Crippen molar-refractivity contribution in [1.82, 2.24) is 14.5 Å². The van der Waals surface area contributed by atoms with Gasteiger partial charge in [0.2, 0.25) is 10.0 Å². The van der Waals surface area contributed by atoms with Crippen LogP contribution in [0.3, 0.4) is 0 Å². The van der Waals surface area contributed by atoms with Crippen molar-refractivity contribution in [1.29, 1.82) is 0 Å². The first-order chi connectivity index (χ1) is 14.1. The summed E-state index contributed by atoms with van der Waals surface area (Å²) in [5, 5.41) is 3.83. The van der Waals surface area contributed by atoms with Gasteiger partial charge in [-0.05, 0) is 48.2 Å². The minimum atomic E-state index is -3.76. The standard InChI is InChI=1S/C21H21Cl2N3O3S/c1-13(2)15-4-6-16(7-5-15)14(3)25-30(28,29)18-10-8-17(9-11-18)26-21(27)20(23)19(22)12-24-26/h4-14,25H,1-3H3. The van der Waals surface area contributed by atoms with Gasteiger partial charge in [0.25, 0.3) is 5.56 Å². The van der Waals surface area contributed by atoms with E-state index in [2.05, 4.69) is 23.7 Å². The Morgan fingerprint density at radius 1 is 0.933 bits per heavy atom. The van der Waals surface area contributed by atoms with Gasteiger partial charge in [0.1, 0.15) is 5.02 Å². The van der Waals surface area contributed by atoms with Crippen LogP contribution in [0.4, 0.5) is 0 Å². The average molecular weight is 466 g/mol. The second kappa shape index (κ2) is 8.89. The van der Waals surface area contributed by atoms with Gasteiger partial charge in [0.05, 0.1) is 21.8 Å². The lowest BCUT2D eigenvalue weighted by atomic mass is 10.00. The molecular weight excluding hydrogens is 445 g/mol. The molecule has 3 aromatic rings. The van der Waals surface area contributed by atoms with Crippen LogP contribution in [0.1, 0.15) is 43.9 Å². The molecule has 0 bridgehead atoms. The first-order valence-electron chi connectivity index (χ1n) is 9.26. The third kappa shape index (κ3) is 4.75. The predicted octanol–water partition coefficient (Wildman–Crippen LogP) is 4.70. The molecule has 0 radical (unpaired) electrons. The smallest absolute Gasteiger partial charge is 0.266 e. The topological polar surface area (TPSA) is 81.1 Å². The van der Waals surface area contributed by atoms with Crippen LogP contribution in [-0.2, 0) is 10.0 Å². The molecule has 0 aliphatic heterocycles. The molecule has 1 aromatic heterocycles. The number of aromatic nitrogens is 2. The van der Waals surface area contributed by atoms with Crippen LogP contribution in [-0.4, -0.2) is 18.2 Å². The van der Waals surface area contributed by atoms with Gasteiger partial charge in [0.15, 0.2) is 0 Å². The number of nitrogens with one attached hydrogen (secondary N) is 1.